The van der Waals surface area contributed by atoms with Gasteiger partial charge in [-0.05, 0) is 12.5 Å². The van der Waals surface area contributed by atoms with E-state index in [2.05, 4.69) is 15.4 Å². The monoisotopic (exact) mass is 200 g/mol. The molecule has 15 heavy (non-hydrogen) atoms. The largest absolute Gasteiger partial charge is 0.307 e. The van der Waals surface area contributed by atoms with Gasteiger partial charge in [0.1, 0.15) is 5.69 Å². The molecular weight excluding hydrogens is 188 g/mol. The van der Waals surface area contributed by atoms with Gasteiger partial charge in [0.25, 0.3) is 0 Å². The lowest BCUT2D eigenvalue weighted by molar-refractivity contribution is 1.16. The fourth-order valence-electron chi connectivity index (χ4n) is 1.48. The molecule has 2 rings (SSSR count). The van der Waals surface area contributed by atoms with Gasteiger partial charge in [-0.3, -0.25) is 4.98 Å². The number of nitrogens with zero attached hydrogens (tertiary/aromatic N) is 2. The van der Waals surface area contributed by atoms with E-state index in [1.165, 1.54) is 0 Å². The van der Waals surface area contributed by atoms with Crippen molar-refractivity contribution >= 4 is 5.82 Å². The molecule has 0 bridgehead atoms. The molecule has 0 saturated heterocycles. The maximum atomic E-state index is 5.39. The van der Waals surface area contributed by atoms with Crippen molar-refractivity contribution in [2.45, 2.75) is 6.92 Å². The number of benzene rings is 1. The average molecular weight is 200 g/mol. The quantitative estimate of drug-likeness (QED) is 0.572. The number of nitrogens with one attached hydrogen (secondary N) is 1. The Morgan fingerprint density at radius 1 is 1.13 bits per heavy atom. The molecule has 0 aliphatic carbocycles. The summed E-state index contributed by atoms with van der Waals surface area (Å²) < 4.78 is 0. The molecule has 0 spiro atoms. The van der Waals surface area contributed by atoms with E-state index >= 15 is 0 Å². The number of anilines is 1. The average Bonchev–Trinajstić information content (AvgIpc) is 2.30. The van der Waals surface area contributed by atoms with Gasteiger partial charge >= 0.3 is 0 Å². The van der Waals surface area contributed by atoms with E-state index in [1.807, 2.05) is 31.2 Å². The van der Waals surface area contributed by atoms with Gasteiger partial charge in [-0.2, -0.15) is 0 Å². The summed E-state index contributed by atoms with van der Waals surface area (Å²) in [6.45, 7) is 2.03. The van der Waals surface area contributed by atoms with E-state index in [1.54, 1.807) is 12.4 Å². The van der Waals surface area contributed by atoms with Crippen LogP contribution in [0.2, 0.25) is 0 Å². The van der Waals surface area contributed by atoms with Crippen LogP contribution in [-0.4, -0.2) is 9.97 Å². The second-order valence-corrected chi connectivity index (χ2v) is 3.21. The van der Waals surface area contributed by atoms with Crippen molar-refractivity contribution in [1.29, 1.82) is 0 Å². The van der Waals surface area contributed by atoms with Crippen molar-refractivity contribution in [2.75, 3.05) is 5.43 Å². The Morgan fingerprint density at radius 3 is 2.60 bits per heavy atom. The lowest BCUT2D eigenvalue weighted by atomic mass is 10.1. The number of hydrazine groups is 1. The number of rotatable bonds is 2. The van der Waals surface area contributed by atoms with Gasteiger partial charge in [0.05, 0.1) is 0 Å². The number of aryl methyl sites for hydroxylation is 1. The van der Waals surface area contributed by atoms with Gasteiger partial charge < -0.3 is 5.43 Å². The maximum Gasteiger partial charge on any atom is 0.166 e. The molecule has 0 atom stereocenters. The SMILES string of the molecule is Cc1ccccc1-c1nccnc1NN. The Kier molecular flexibility index (Phi) is 2.60. The number of nitrogen functional groups attached to an aromatic ring is 1. The molecule has 0 fully saturated rings. The molecule has 0 saturated carbocycles. The Bertz CT molecular complexity index is 468. The topological polar surface area (TPSA) is 63.8 Å². The third kappa shape index (κ3) is 1.80. The van der Waals surface area contributed by atoms with Crippen LogP contribution in [0.1, 0.15) is 5.56 Å². The number of nitrogens with two attached hydrogens (primary N) is 1. The van der Waals surface area contributed by atoms with Crippen molar-refractivity contribution in [1.82, 2.24) is 9.97 Å². The first-order valence-electron chi connectivity index (χ1n) is 4.66. The first-order chi connectivity index (χ1) is 7.33. The van der Waals surface area contributed by atoms with Crippen LogP contribution in [-0.2, 0) is 0 Å². The summed E-state index contributed by atoms with van der Waals surface area (Å²) in [5, 5.41) is 0. The summed E-state index contributed by atoms with van der Waals surface area (Å²) in [6.07, 6.45) is 3.26. The van der Waals surface area contributed by atoms with Crippen molar-refractivity contribution in [3.63, 3.8) is 0 Å². The predicted octanol–water partition coefficient (Wildman–Crippen LogP) is 1.74. The van der Waals surface area contributed by atoms with Crippen LogP contribution in [0.5, 0.6) is 0 Å². The van der Waals surface area contributed by atoms with Gasteiger partial charge in [0.15, 0.2) is 5.82 Å². The summed E-state index contributed by atoms with van der Waals surface area (Å²) >= 11 is 0. The molecule has 0 aliphatic heterocycles. The number of aromatic nitrogens is 2. The van der Waals surface area contributed by atoms with Crippen molar-refractivity contribution in [3.8, 4) is 11.3 Å². The standard InChI is InChI=1S/C11H12N4/c1-8-4-2-3-5-9(8)10-11(15-12)14-7-6-13-10/h2-7H,12H2,1H3,(H,14,15). The van der Waals surface area contributed by atoms with Crippen LogP contribution < -0.4 is 11.3 Å². The van der Waals surface area contributed by atoms with E-state index in [9.17, 15) is 0 Å². The van der Waals surface area contributed by atoms with E-state index < -0.39 is 0 Å². The fraction of sp³-hybridized carbons (Fsp3) is 0.0909. The van der Waals surface area contributed by atoms with Crippen LogP contribution in [0.25, 0.3) is 11.3 Å². The molecule has 0 amide bonds. The van der Waals surface area contributed by atoms with Crippen molar-refractivity contribution in [3.05, 3.63) is 42.2 Å². The third-order valence-corrected chi connectivity index (χ3v) is 2.24. The summed E-state index contributed by atoms with van der Waals surface area (Å²) in [4.78, 5) is 8.39. The highest BCUT2D eigenvalue weighted by Crippen LogP contribution is 2.25. The summed E-state index contributed by atoms with van der Waals surface area (Å²) in [6, 6.07) is 7.99. The Morgan fingerprint density at radius 2 is 1.87 bits per heavy atom. The zero-order valence-corrected chi connectivity index (χ0v) is 8.44. The van der Waals surface area contributed by atoms with Gasteiger partial charge in [-0.1, -0.05) is 24.3 Å². The predicted molar refractivity (Wildman–Crippen MR) is 60.0 cm³/mol. The Labute approximate surface area is 88.2 Å². The molecule has 76 valence electrons. The minimum Gasteiger partial charge on any atom is -0.307 e. The highest BCUT2D eigenvalue weighted by atomic mass is 15.3. The van der Waals surface area contributed by atoms with Crippen LogP contribution in [0, 0.1) is 6.92 Å². The minimum atomic E-state index is 0.590. The van der Waals surface area contributed by atoms with Crippen LogP contribution in [0.15, 0.2) is 36.7 Å². The molecular formula is C11H12N4. The molecule has 0 unspecified atom stereocenters. The highest BCUT2D eigenvalue weighted by Gasteiger charge is 2.07. The molecule has 0 aliphatic rings. The summed E-state index contributed by atoms with van der Waals surface area (Å²) in [5.41, 5.74) is 5.51. The van der Waals surface area contributed by atoms with Crippen molar-refractivity contribution in [2.24, 2.45) is 5.84 Å². The minimum absolute atomic E-state index is 0.590. The van der Waals surface area contributed by atoms with Gasteiger partial charge in [-0.25, -0.2) is 10.8 Å². The summed E-state index contributed by atoms with van der Waals surface area (Å²) in [5.74, 6) is 5.98. The molecule has 1 aromatic carbocycles. The van der Waals surface area contributed by atoms with E-state index in [4.69, 9.17) is 5.84 Å². The Balaban J connectivity index is 2.59. The lowest BCUT2D eigenvalue weighted by Crippen LogP contribution is -2.10. The van der Waals surface area contributed by atoms with E-state index in [0.717, 1.165) is 16.8 Å². The fourth-order valence-corrected chi connectivity index (χ4v) is 1.48. The van der Waals surface area contributed by atoms with E-state index in [0.29, 0.717) is 5.82 Å². The van der Waals surface area contributed by atoms with Gasteiger partial charge in [0.2, 0.25) is 0 Å². The number of hydrogen-bond acceptors (Lipinski definition) is 4. The molecule has 4 nitrogen and oxygen atoms in total. The number of hydrogen-bond donors (Lipinski definition) is 2. The first kappa shape index (κ1) is 9.61. The Hall–Kier alpha value is -1.94. The highest BCUT2D eigenvalue weighted by molar-refractivity contribution is 5.73. The van der Waals surface area contributed by atoms with Crippen LogP contribution in [0.4, 0.5) is 5.82 Å². The molecule has 4 heteroatoms. The van der Waals surface area contributed by atoms with Crippen LogP contribution in [0.3, 0.4) is 0 Å². The van der Waals surface area contributed by atoms with Gasteiger partial charge in [0, 0.05) is 18.0 Å². The molecule has 3 N–H and O–H groups in total. The zero-order chi connectivity index (χ0) is 10.7. The van der Waals surface area contributed by atoms with Crippen molar-refractivity contribution < 1.29 is 0 Å². The molecule has 1 heterocycles. The smallest absolute Gasteiger partial charge is 0.166 e. The molecule has 1 aromatic heterocycles. The van der Waals surface area contributed by atoms with Crippen LogP contribution >= 0.6 is 0 Å². The molecule has 0 radical (unpaired) electrons. The summed E-state index contributed by atoms with van der Waals surface area (Å²) in [7, 11) is 0. The third-order valence-electron chi connectivity index (χ3n) is 2.24. The normalized spacial score (nSPS) is 10.0. The first-order valence-corrected chi connectivity index (χ1v) is 4.66. The maximum absolute atomic E-state index is 5.39. The second-order valence-electron chi connectivity index (χ2n) is 3.21. The van der Waals surface area contributed by atoms with E-state index in [-0.39, 0.29) is 0 Å². The second kappa shape index (κ2) is 4.06. The molecule has 2 aromatic rings. The lowest BCUT2D eigenvalue weighted by Gasteiger charge is -2.08. The van der Waals surface area contributed by atoms with Gasteiger partial charge in [-0.15, -0.1) is 0 Å². The zero-order valence-electron chi connectivity index (χ0n) is 8.44.